The molecule has 0 nitrogen and oxygen atoms in total. The molecule has 0 amide bonds. The van der Waals surface area contributed by atoms with E-state index in [9.17, 15) is 0 Å². The molecule has 6 aromatic carbocycles. The van der Waals surface area contributed by atoms with Crippen molar-refractivity contribution in [3.05, 3.63) is 182 Å². The molecule has 0 aromatic heterocycles. The summed E-state index contributed by atoms with van der Waals surface area (Å²) >= 11 is -4.75. The summed E-state index contributed by atoms with van der Waals surface area (Å²) < 4.78 is 9.26. The van der Waals surface area contributed by atoms with E-state index < -0.39 is 56.9 Å². The van der Waals surface area contributed by atoms with E-state index in [0.29, 0.717) is 0 Å². The molecule has 0 saturated carbocycles. The first-order valence-corrected chi connectivity index (χ1v) is 29.0. The van der Waals surface area contributed by atoms with E-state index in [1.165, 1.54) is 0 Å². The Kier molecular flexibility index (Phi) is 14.7. The molecule has 0 N–H and O–H groups in total. The number of rotatable bonds is 6. The second-order valence-electron chi connectivity index (χ2n) is 9.38. The number of hydrogen-bond acceptors (Lipinski definition) is 0. The molecule has 0 saturated heterocycles. The molecule has 0 atom stereocenters. The van der Waals surface area contributed by atoms with Gasteiger partial charge < -0.3 is 0 Å². The number of halogens is 2. The molecule has 0 unspecified atom stereocenters. The molecule has 5 heteroatoms. The van der Waals surface area contributed by atoms with E-state index in [0.717, 1.165) is 0 Å². The predicted molar refractivity (Wildman–Crippen MR) is 185 cm³/mol. The molecule has 0 aliphatic rings. The second-order valence-corrected chi connectivity index (χ2v) is 29.0. The van der Waals surface area contributed by atoms with Crippen LogP contribution in [-0.4, -0.2) is 40.4 Å². The Bertz CT molecular complexity index is 1200. The molecule has 0 radical (unpaired) electrons. The van der Waals surface area contributed by atoms with Crippen molar-refractivity contribution in [1.29, 1.82) is 0 Å². The topological polar surface area (TPSA) is 0 Å². The Morgan fingerprint density at radius 1 is 0.268 bits per heavy atom. The van der Waals surface area contributed by atoms with Crippen LogP contribution in [0.15, 0.2) is 182 Å². The van der Waals surface area contributed by atoms with Crippen LogP contribution in [-0.2, 0) is 16.5 Å². The number of benzene rings is 6. The minimum absolute atomic E-state index is 0.472. The van der Waals surface area contributed by atoms with Crippen molar-refractivity contribution in [3.8, 4) is 0 Å². The van der Waals surface area contributed by atoms with Crippen molar-refractivity contribution in [1.82, 2.24) is 0 Å². The van der Waals surface area contributed by atoms with Gasteiger partial charge in [-0.25, -0.2) is 0 Å². The van der Waals surface area contributed by atoms with E-state index in [4.69, 9.17) is 18.8 Å². The zero-order valence-corrected chi connectivity index (χ0v) is 32.9. The Hall–Kier alpha value is -1.78. The average Bonchev–Trinajstić information content (AvgIpc) is 3.05. The molecular weight excluding hydrogens is 942 g/mol. The first kappa shape index (κ1) is 32.1. The van der Waals surface area contributed by atoms with Crippen molar-refractivity contribution in [2.45, 2.75) is 0 Å². The maximum atomic E-state index is 4.88. The Labute approximate surface area is 275 Å². The van der Waals surface area contributed by atoms with E-state index >= 15 is 0 Å². The fourth-order valence-corrected chi connectivity index (χ4v) is 22.0. The summed E-state index contributed by atoms with van der Waals surface area (Å²) in [6, 6.07) is 66.0. The van der Waals surface area contributed by atoms with Crippen LogP contribution in [0.3, 0.4) is 0 Å². The predicted octanol–water partition coefficient (Wildman–Crippen LogP) is 4.71. The molecule has 0 spiro atoms. The summed E-state index contributed by atoms with van der Waals surface area (Å²) in [4.78, 5) is 0. The van der Waals surface area contributed by atoms with Gasteiger partial charge in [0.15, 0.2) is 0 Å². The Balaban J connectivity index is 0.000000173. The average molecular weight is 976 g/mol. The van der Waals surface area contributed by atoms with Crippen LogP contribution < -0.4 is 21.1 Å². The van der Waals surface area contributed by atoms with Gasteiger partial charge in [0, 0.05) is 0 Å². The summed E-state index contributed by atoms with van der Waals surface area (Å²) in [6.07, 6.45) is 0. The summed E-state index contributed by atoms with van der Waals surface area (Å²) in [6.45, 7) is 0. The fraction of sp³-hybridized carbons (Fsp3) is 0. The van der Waals surface area contributed by atoms with Crippen molar-refractivity contribution >= 4 is 80.3 Å². The van der Waals surface area contributed by atoms with Gasteiger partial charge in [-0.1, -0.05) is 0 Å². The summed E-state index contributed by atoms with van der Waals surface area (Å²) in [5, 5.41) is 0. The van der Waals surface area contributed by atoms with Crippen LogP contribution in [0.4, 0.5) is 0 Å². The molecule has 6 aromatic rings. The standard InChI is InChI=1S/6C6H5.2ClH.Pt.2Sb.4H/c6*1-2-4-6-5-3-1;;;;;;;;;/h6*1-5H;2*1H;;;;;;;/q;;;;;;;;+2;;;;;;/p-2. The van der Waals surface area contributed by atoms with Crippen LogP contribution >= 0.6 is 18.8 Å². The van der Waals surface area contributed by atoms with Gasteiger partial charge in [0.2, 0.25) is 0 Å². The quantitative estimate of drug-likeness (QED) is 0.213. The van der Waals surface area contributed by atoms with E-state index in [1.807, 2.05) is 0 Å². The van der Waals surface area contributed by atoms with Crippen molar-refractivity contribution in [2.24, 2.45) is 0 Å². The van der Waals surface area contributed by atoms with Crippen LogP contribution in [0.25, 0.3) is 0 Å². The molecule has 0 aliphatic carbocycles. The summed E-state index contributed by atoms with van der Waals surface area (Å²) in [5.74, 6) is 0. The van der Waals surface area contributed by atoms with Gasteiger partial charge in [-0.15, -0.1) is 0 Å². The molecular formula is C36H34Cl2PtSb2. The van der Waals surface area contributed by atoms with Crippen LogP contribution in [0.5, 0.6) is 0 Å². The molecule has 0 aliphatic heterocycles. The van der Waals surface area contributed by atoms with Crippen LogP contribution in [0.1, 0.15) is 0 Å². The van der Waals surface area contributed by atoms with Crippen LogP contribution in [0.2, 0.25) is 0 Å². The third-order valence-electron chi connectivity index (χ3n) is 6.80. The molecule has 0 heterocycles. The maximum absolute atomic E-state index is 4.88. The molecule has 6 rings (SSSR count). The third-order valence-corrected chi connectivity index (χ3v) is 24.8. The van der Waals surface area contributed by atoms with Crippen molar-refractivity contribution in [2.75, 3.05) is 0 Å². The fourth-order valence-electron chi connectivity index (χ4n) is 5.03. The molecule has 0 bridgehead atoms. The van der Waals surface area contributed by atoms with Gasteiger partial charge in [-0.3, -0.25) is 0 Å². The third kappa shape index (κ3) is 10.2. The van der Waals surface area contributed by atoms with Gasteiger partial charge >= 0.3 is 279 Å². The van der Waals surface area contributed by atoms with Crippen LogP contribution in [0, 0.1) is 0 Å². The van der Waals surface area contributed by atoms with Gasteiger partial charge in [0.1, 0.15) is 0 Å². The first-order valence-electron chi connectivity index (χ1n) is 13.4. The van der Waals surface area contributed by atoms with Gasteiger partial charge in [0.25, 0.3) is 0 Å². The summed E-state index contributed by atoms with van der Waals surface area (Å²) in [7, 11) is 9.75. The first-order chi connectivity index (χ1) is 20.3. The monoisotopic (exact) mass is 973 g/mol. The van der Waals surface area contributed by atoms with E-state index in [2.05, 4.69) is 182 Å². The summed E-state index contributed by atoms with van der Waals surface area (Å²) in [5.41, 5.74) is 0. The van der Waals surface area contributed by atoms with E-state index in [-0.39, 0.29) is 0 Å². The SMILES string of the molecule is [Cl][Pt][Cl].c1cc[c]([SbH2]([c]2ccccc2)[c]2ccccc2)cc1.c1cc[c]([SbH2]([c]2ccccc2)[c]2ccccc2)cc1. The van der Waals surface area contributed by atoms with Gasteiger partial charge in [0.05, 0.1) is 0 Å². The Morgan fingerprint density at radius 3 is 0.512 bits per heavy atom. The number of hydrogen-bond donors (Lipinski definition) is 0. The minimum atomic E-state index is -2.14. The van der Waals surface area contributed by atoms with Crippen molar-refractivity contribution in [3.63, 3.8) is 0 Å². The van der Waals surface area contributed by atoms with E-state index in [1.54, 1.807) is 21.1 Å². The van der Waals surface area contributed by atoms with Crippen molar-refractivity contribution < 1.29 is 16.5 Å². The zero-order chi connectivity index (χ0) is 28.5. The normalized spacial score (nSPS) is 10.8. The second kappa shape index (κ2) is 18.7. The zero-order valence-electron chi connectivity index (χ0n) is 22.5. The molecule has 212 valence electrons. The Morgan fingerprint density at radius 2 is 0.390 bits per heavy atom. The molecule has 41 heavy (non-hydrogen) atoms. The van der Waals surface area contributed by atoms with Gasteiger partial charge in [-0.05, 0) is 0 Å². The van der Waals surface area contributed by atoms with Gasteiger partial charge in [-0.2, -0.15) is 0 Å². The molecule has 0 fully saturated rings.